The first-order chi connectivity index (χ1) is 11.7. The summed E-state index contributed by atoms with van der Waals surface area (Å²) in [5, 5.41) is 5.16. The summed E-state index contributed by atoms with van der Waals surface area (Å²) in [5.41, 5.74) is 2.80. The third kappa shape index (κ3) is 4.48. The standard InChI is InChI=1S/C16H19N5OS2/c1-11-14(20-10-19-11)9-23-6-4-17-16-18-8-12(15(22)21-16)7-13-3-2-5-24-13/h2-3,5,8,10H,4,6-7,9H2,1H3,(H,19,20)(H2,17,18,21,22). The molecule has 0 amide bonds. The second-order valence-corrected chi connectivity index (χ2v) is 7.43. The minimum Gasteiger partial charge on any atom is -0.355 e. The number of nitrogens with zero attached hydrogens (tertiary/aromatic N) is 2. The van der Waals surface area contributed by atoms with Crippen molar-refractivity contribution in [2.24, 2.45) is 0 Å². The Morgan fingerprint density at radius 2 is 2.29 bits per heavy atom. The number of aryl methyl sites for hydroxylation is 1. The first-order valence-electron chi connectivity index (χ1n) is 7.63. The molecule has 0 radical (unpaired) electrons. The lowest BCUT2D eigenvalue weighted by Gasteiger charge is -2.06. The smallest absolute Gasteiger partial charge is 0.255 e. The Morgan fingerprint density at radius 1 is 1.38 bits per heavy atom. The molecule has 0 saturated heterocycles. The fourth-order valence-electron chi connectivity index (χ4n) is 2.18. The van der Waals surface area contributed by atoms with E-state index in [0.717, 1.165) is 34.3 Å². The zero-order chi connectivity index (χ0) is 16.8. The van der Waals surface area contributed by atoms with Gasteiger partial charge in [-0.05, 0) is 18.4 Å². The average molecular weight is 361 g/mol. The molecular weight excluding hydrogens is 342 g/mol. The van der Waals surface area contributed by atoms with Crippen LogP contribution in [0.5, 0.6) is 0 Å². The molecule has 0 bridgehead atoms. The minimum atomic E-state index is -0.0827. The Balaban J connectivity index is 1.45. The molecule has 0 fully saturated rings. The van der Waals surface area contributed by atoms with E-state index in [1.54, 1.807) is 35.6 Å². The number of thioether (sulfide) groups is 1. The lowest BCUT2D eigenvalue weighted by atomic mass is 10.2. The first-order valence-corrected chi connectivity index (χ1v) is 9.67. The normalized spacial score (nSPS) is 10.9. The van der Waals surface area contributed by atoms with Crippen LogP contribution >= 0.6 is 23.1 Å². The summed E-state index contributed by atoms with van der Waals surface area (Å²) in [6, 6.07) is 4.01. The number of thiophene rings is 1. The number of anilines is 1. The topological polar surface area (TPSA) is 86.5 Å². The summed E-state index contributed by atoms with van der Waals surface area (Å²) in [6.07, 6.45) is 4.00. The van der Waals surface area contributed by atoms with Crippen LogP contribution in [0.2, 0.25) is 0 Å². The molecule has 0 atom stereocenters. The molecule has 6 nitrogen and oxygen atoms in total. The number of imidazole rings is 1. The molecule has 3 N–H and O–H groups in total. The molecule has 3 aromatic heterocycles. The van der Waals surface area contributed by atoms with Crippen LogP contribution < -0.4 is 10.9 Å². The molecule has 0 saturated carbocycles. The Labute approximate surface area is 148 Å². The van der Waals surface area contributed by atoms with Crippen molar-refractivity contribution in [2.45, 2.75) is 19.1 Å². The van der Waals surface area contributed by atoms with Gasteiger partial charge in [-0.3, -0.25) is 9.78 Å². The van der Waals surface area contributed by atoms with Crippen molar-refractivity contribution in [3.8, 4) is 0 Å². The van der Waals surface area contributed by atoms with Gasteiger partial charge in [-0.15, -0.1) is 11.3 Å². The Hall–Kier alpha value is -2.06. The number of H-pyrrole nitrogens is 2. The lowest BCUT2D eigenvalue weighted by molar-refractivity contribution is 1.01. The van der Waals surface area contributed by atoms with E-state index in [4.69, 9.17) is 0 Å². The van der Waals surface area contributed by atoms with Gasteiger partial charge in [0.2, 0.25) is 5.95 Å². The third-order valence-electron chi connectivity index (χ3n) is 3.53. The van der Waals surface area contributed by atoms with Crippen LogP contribution in [0.1, 0.15) is 21.8 Å². The Bertz CT molecular complexity index is 825. The van der Waals surface area contributed by atoms with Crippen molar-refractivity contribution in [1.29, 1.82) is 0 Å². The molecule has 0 unspecified atom stereocenters. The van der Waals surface area contributed by atoms with Crippen molar-refractivity contribution in [3.05, 3.63) is 62.2 Å². The quantitative estimate of drug-likeness (QED) is 0.537. The van der Waals surface area contributed by atoms with E-state index in [9.17, 15) is 4.79 Å². The summed E-state index contributed by atoms with van der Waals surface area (Å²) in [5.74, 6) is 2.31. The molecule has 8 heteroatoms. The fourth-order valence-corrected chi connectivity index (χ4v) is 3.78. The van der Waals surface area contributed by atoms with Gasteiger partial charge in [-0.1, -0.05) is 6.07 Å². The predicted molar refractivity (Wildman–Crippen MR) is 100.0 cm³/mol. The van der Waals surface area contributed by atoms with E-state index < -0.39 is 0 Å². The van der Waals surface area contributed by atoms with Crippen molar-refractivity contribution in [2.75, 3.05) is 17.6 Å². The zero-order valence-corrected chi connectivity index (χ0v) is 15.0. The van der Waals surface area contributed by atoms with Crippen molar-refractivity contribution < 1.29 is 0 Å². The van der Waals surface area contributed by atoms with Crippen molar-refractivity contribution in [3.63, 3.8) is 0 Å². The van der Waals surface area contributed by atoms with Crippen molar-refractivity contribution in [1.82, 2.24) is 19.9 Å². The summed E-state index contributed by atoms with van der Waals surface area (Å²) in [6.45, 7) is 2.76. The second-order valence-electron chi connectivity index (χ2n) is 5.30. The highest BCUT2D eigenvalue weighted by Crippen LogP contribution is 2.13. The van der Waals surface area contributed by atoms with E-state index in [-0.39, 0.29) is 5.56 Å². The largest absolute Gasteiger partial charge is 0.355 e. The summed E-state index contributed by atoms with van der Waals surface area (Å²) in [4.78, 5) is 27.7. The van der Waals surface area contributed by atoms with E-state index >= 15 is 0 Å². The first kappa shape index (κ1) is 16.8. The van der Waals surface area contributed by atoms with Crippen LogP contribution in [0.4, 0.5) is 5.95 Å². The molecule has 0 aromatic carbocycles. The van der Waals surface area contributed by atoms with Gasteiger partial charge in [0.15, 0.2) is 0 Å². The number of rotatable bonds is 8. The van der Waals surface area contributed by atoms with Crippen LogP contribution in [0.15, 0.2) is 34.8 Å². The van der Waals surface area contributed by atoms with Crippen LogP contribution in [0.25, 0.3) is 0 Å². The maximum absolute atomic E-state index is 12.1. The monoisotopic (exact) mass is 361 g/mol. The van der Waals surface area contributed by atoms with Gasteiger partial charge in [0.25, 0.3) is 5.56 Å². The SMILES string of the molecule is Cc1[nH]cnc1CSCCNc1ncc(Cc2cccs2)c(=O)[nH]1. The molecule has 0 aliphatic rings. The van der Waals surface area contributed by atoms with Gasteiger partial charge < -0.3 is 10.3 Å². The zero-order valence-electron chi connectivity index (χ0n) is 13.3. The van der Waals surface area contributed by atoms with E-state index in [1.165, 1.54) is 0 Å². The second kappa shape index (κ2) is 8.16. The minimum absolute atomic E-state index is 0.0827. The molecule has 0 spiro atoms. The van der Waals surface area contributed by atoms with Gasteiger partial charge in [0.1, 0.15) is 0 Å². The van der Waals surface area contributed by atoms with Crippen LogP contribution in [0, 0.1) is 6.92 Å². The van der Waals surface area contributed by atoms with E-state index in [2.05, 4.69) is 25.3 Å². The van der Waals surface area contributed by atoms with Gasteiger partial charge >= 0.3 is 0 Å². The van der Waals surface area contributed by atoms with Crippen LogP contribution in [-0.4, -0.2) is 32.2 Å². The fraction of sp³-hybridized carbons (Fsp3) is 0.312. The van der Waals surface area contributed by atoms with E-state index in [0.29, 0.717) is 17.9 Å². The number of aromatic amines is 2. The van der Waals surface area contributed by atoms with Gasteiger partial charge in [-0.2, -0.15) is 11.8 Å². The number of hydrogen-bond acceptors (Lipinski definition) is 6. The summed E-state index contributed by atoms with van der Waals surface area (Å²) >= 11 is 3.43. The van der Waals surface area contributed by atoms with Gasteiger partial charge in [0.05, 0.1) is 12.0 Å². The molecule has 3 aromatic rings. The molecule has 0 aliphatic heterocycles. The molecular formula is C16H19N5OS2. The van der Waals surface area contributed by atoms with Gasteiger partial charge in [-0.25, -0.2) is 9.97 Å². The number of hydrogen-bond donors (Lipinski definition) is 3. The highest BCUT2D eigenvalue weighted by Gasteiger charge is 2.05. The molecule has 0 aliphatic carbocycles. The summed E-state index contributed by atoms with van der Waals surface area (Å²) in [7, 11) is 0. The summed E-state index contributed by atoms with van der Waals surface area (Å²) < 4.78 is 0. The highest BCUT2D eigenvalue weighted by molar-refractivity contribution is 7.98. The van der Waals surface area contributed by atoms with Crippen LogP contribution in [-0.2, 0) is 12.2 Å². The Kier molecular flexibility index (Phi) is 5.71. The molecule has 3 heterocycles. The van der Waals surface area contributed by atoms with Crippen molar-refractivity contribution >= 4 is 29.0 Å². The third-order valence-corrected chi connectivity index (χ3v) is 5.38. The average Bonchev–Trinajstić information content (AvgIpc) is 3.22. The lowest BCUT2D eigenvalue weighted by Crippen LogP contribution is -2.18. The Morgan fingerprint density at radius 3 is 3.00 bits per heavy atom. The maximum Gasteiger partial charge on any atom is 0.255 e. The predicted octanol–water partition coefficient (Wildman–Crippen LogP) is 2.80. The van der Waals surface area contributed by atoms with Crippen LogP contribution in [0.3, 0.4) is 0 Å². The highest BCUT2D eigenvalue weighted by atomic mass is 32.2. The number of nitrogens with one attached hydrogen (secondary N) is 3. The molecule has 24 heavy (non-hydrogen) atoms. The number of aromatic nitrogens is 4. The van der Waals surface area contributed by atoms with E-state index in [1.807, 2.05) is 24.4 Å². The maximum atomic E-state index is 12.1. The van der Waals surface area contributed by atoms with Gasteiger partial charge in [0, 0.05) is 46.8 Å². The molecule has 3 rings (SSSR count). The molecule has 126 valence electrons.